The Morgan fingerprint density at radius 1 is 1.25 bits per heavy atom. The van der Waals surface area contributed by atoms with Gasteiger partial charge in [-0.25, -0.2) is 18.2 Å². The molecule has 2 aromatic carbocycles. The molecule has 6 rings (SSSR count). The number of nitrogens with one attached hydrogen (secondary N) is 1. The molecule has 2 fully saturated rings. The van der Waals surface area contributed by atoms with Crippen LogP contribution in [0.1, 0.15) is 50.1 Å². The number of aryl methyl sites for hydroxylation is 1. The molecule has 1 amide bonds. The minimum Gasteiger partial charge on any atom is -0.487 e. The van der Waals surface area contributed by atoms with E-state index in [1.165, 1.54) is 35.8 Å². The molecular formula is C34H41N3O9S2. The second-order valence-corrected chi connectivity index (χ2v) is 14.3. The van der Waals surface area contributed by atoms with Gasteiger partial charge in [0.1, 0.15) is 24.0 Å². The van der Waals surface area contributed by atoms with Gasteiger partial charge in [-0.2, -0.15) is 4.31 Å². The summed E-state index contributed by atoms with van der Waals surface area (Å²) in [6.45, 7) is -10.3. The van der Waals surface area contributed by atoms with Crippen LogP contribution in [0.15, 0.2) is 69.5 Å². The standard InChI is InChI=1S/C34H41N3O9S2/c1-21(2)16-37(48(40,41)27-8-9-31-24(15-27)10-12-42-31)17-30(38)29(36-34(39)46-32-19-45-33-28(32)11-13-43-33)14-23-4-6-26(7-5-23)44-18-25-20-47-22(3)35-25/h4-10,12,15,20-21,28-30,32-33,38H,11,13-14,16-19H2,1-3H3,(H,36,39)/t28-,29-,30+,32-,33+/m0/s1/i1D3,2D3,19D2,21D,32D. The van der Waals surface area contributed by atoms with Crippen molar-refractivity contribution in [3.63, 3.8) is 0 Å². The number of carbonyl (C=O) groups excluding carboxylic acids is 1. The first-order valence-corrected chi connectivity index (χ1v) is 17.3. The fourth-order valence-electron chi connectivity index (χ4n) is 5.41. The highest BCUT2D eigenvalue weighted by molar-refractivity contribution is 7.89. The van der Waals surface area contributed by atoms with Gasteiger partial charge in [0.15, 0.2) is 6.29 Å². The maximum absolute atomic E-state index is 14.3. The number of thiazole rings is 1. The highest BCUT2D eigenvalue weighted by Crippen LogP contribution is 2.33. The number of aliphatic hydroxyl groups is 1. The molecule has 12 nitrogen and oxygen atoms in total. The molecule has 14 heteroatoms. The Labute approximate surface area is 298 Å². The molecule has 2 aliphatic rings. The van der Waals surface area contributed by atoms with Crippen molar-refractivity contribution in [3.8, 4) is 5.75 Å². The van der Waals surface area contributed by atoms with Gasteiger partial charge in [-0.1, -0.05) is 25.8 Å². The van der Waals surface area contributed by atoms with Crippen molar-refractivity contribution in [2.45, 2.75) is 69.5 Å². The summed E-state index contributed by atoms with van der Waals surface area (Å²) in [5.74, 6) is -3.97. The number of rotatable bonds is 14. The van der Waals surface area contributed by atoms with Crippen LogP contribution in [0.5, 0.6) is 5.75 Å². The summed E-state index contributed by atoms with van der Waals surface area (Å²) in [4.78, 5) is 17.5. The summed E-state index contributed by atoms with van der Waals surface area (Å²) in [5.41, 5.74) is 1.47. The monoisotopic (exact) mass is 709 g/mol. The van der Waals surface area contributed by atoms with Crippen LogP contribution in [0.3, 0.4) is 0 Å². The number of ether oxygens (including phenoxy) is 4. The predicted molar refractivity (Wildman–Crippen MR) is 178 cm³/mol. The van der Waals surface area contributed by atoms with Gasteiger partial charge in [0.25, 0.3) is 0 Å². The average Bonchev–Trinajstić information content (AvgIpc) is 3.92. The first kappa shape index (κ1) is 23.8. The van der Waals surface area contributed by atoms with E-state index in [-0.39, 0.29) is 26.1 Å². The van der Waals surface area contributed by atoms with E-state index < -0.39 is 90.7 Å². The first-order valence-electron chi connectivity index (χ1n) is 20.0. The number of amides is 1. The molecule has 0 bridgehead atoms. The number of fused-ring (bicyclic) bond motifs is 2. The normalized spacial score (nSPS) is 27.1. The van der Waals surface area contributed by atoms with Gasteiger partial charge < -0.3 is 33.8 Å². The van der Waals surface area contributed by atoms with Gasteiger partial charge in [0.2, 0.25) is 10.0 Å². The molecule has 4 heterocycles. The summed E-state index contributed by atoms with van der Waals surface area (Å²) < 4.78 is 138. The molecule has 2 N–H and O–H groups in total. The third kappa shape index (κ3) is 8.18. The van der Waals surface area contributed by atoms with E-state index in [1.54, 1.807) is 24.3 Å². The van der Waals surface area contributed by atoms with Crippen molar-refractivity contribution in [3.05, 3.63) is 76.4 Å². The van der Waals surface area contributed by atoms with Crippen molar-refractivity contribution in [1.82, 2.24) is 14.6 Å². The van der Waals surface area contributed by atoms with Crippen LogP contribution in [0.25, 0.3) is 11.0 Å². The summed E-state index contributed by atoms with van der Waals surface area (Å²) in [7, 11) is -4.90. The smallest absolute Gasteiger partial charge is 0.407 e. The number of sulfonamides is 1. The molecule has 2 saturated heterocycles. The van der Waals surface area contributed by atoms with Crippen molar-refractivity contribution in [2.75, 3.05) is 26.3 Å². The number of nitrogens with zero attached hydrogens (tertiary/aromatic N) is 2. The van der Waals surface area contributed by atoms with Gasteiger partial charge in [0, 0.05) is 33.5 Å². The number of alkyl carbamates (subject to hydrolysis) is 1. The summed E-state index contributed by atoms with van der Waals surface area (Å²) >= 11 is 1.46. The summed E-state index contributed by atoms with van der Waals surface area (Å²) in [5, 5.41) is 17.3. The van der Waals surface area contributed by atoms with Gasteiger partial charge in [-0.15, -0.1) is 11.3 Å². The van der Waals surface area contributed by atoms with Crippen LogP contribution in [0.4, 0.5) is 4.79 Å². The second kappa shape index (κ2) is 14.9. The van der Waals surface area contributed by atoms with Crippen LogP contribution < -0.4 is 10.1 Å². The van der Waals surface area contributed by atoms with Gasteiger partial charge in [0.05, 0.1) is 57.2 Å². The van der Waals surface area contributed by atoms with Crippen LogP contribution in [0, 0.1) is 18.7 Å². The van der Waals surface area contributed by atoms with Crippen LogP contribution in [0.2, 0.25) is 0 Å². The Bertz CT molecular complexity index is 2190. The van der Waals surface area contributed by atoms with Crippen molar-refractivity contribution in [1.29, 1.82) is 0 Å². The molecule has 0 spiro atoms. The zero-order valence-corrected chi connectivity index (χ0v) is 27.4. The van der Waals surface area contributed by atoms with Gasteiger partial charge in [-0.3, -0.25) is 0 Å². The number of hydrogen-bond acceptors (Lipinski definition) is 11. The highest BCUT2D eigenvalue weighted by atomic mass is 32.2. The lowest BCUT2D eigenvalue weighted by Crippen LogP contribution is -2.51. The van der Waals surface area contributed by atoms with Crippen molar-refractivity contribution in [2.24, 2.45) is 11.8 Å². The third-order valence-corrected chi connectivity index (χ3v) is 10.5. The molecule has 5 atom stereocenters. The number of benzene rings is 2. The Morgan fingerprint density at radius 3 is 2.85 bits per heavy atom. The molecule has 4 aromatic rings. The van der Waals surface area contributed by atoms with E-state index >= 15 is 0 Å². The minimum absolute atomic E-state index is 0.114. The molecule has 0 aliphatic carbocycles. The van der Waals surface area contributed by atoms with E-state index in [9.17, 15) is 18.3 Å². The van der Waals surface area contributed by atoms with Crippen LogP contribution in [-0.4, -0.2) is 79.7 Å². The highest BCUT2D eigenvalue weighted by Gasteiger charge is 2.44. The molecule has 0 saturated carbocycles. The number of aromatic nitrogens is 1. The minimum atomic E-state index is -4.90. The first-order chi connectivity index (χ1) is 26.9. The lowest BCUT2D eigenvalue weighted by molar-refractivity contribution is -0.0907. The maximum atomic E-state index is 14.3. The Hall–Kier alpha value is -3.53. The van der Waals surface area contributed by atoms with E-state index in [1.807, 2.05) is 12.3 Å². The Kier molecular flexibility index (Phi) is 7.39. The SMILES string of the molecule is [2H]C([2H])([2H])C([2H])(CN(C[C@@H](O)[C@H](Cc1ccc(OCc2csc(C)n2)cc1)NC(=O)O[C@]1([2H])[C@@H]2CCO[C@@H]2OC1([2H])[2H])S(=O)(=O)c1ccc2occc2c1)C([2H])([2H])[2H]. The molecule has 0 radical (unpaired) electrons. The van der Waals surface area contributed by atoms with E-state index in [2.05, 4.69) is 10.3 Å². The summed E-state index contributed by atoms with van der Waals surface area (Å²) in [6, 6.07) is 9.99. The molecular weight excluding hydrogens is 659 g/mol. The molecule has 0 unspecified atom stereocenters. The second-order valence-electron chi connectivity index (χ2n) is 11.3. The number of furan rings is 1. The number of carbonyl (C=O) groups is 1. The topological polar surface area (TPSA) is 150 Å². The fourth-order valence-corrected chi connectivity index (χ4v) is 7.47. The van der Waals surface area contributed by atoms with Crippen LogP contribution in [-0.2, 0) is 37.3 Å². The lowest BCUT2D eigenvalue weighted by Gasteiger charge is -2.31. The molecule has 2 aliphatic heterocycles. The molecule has 48 heavy (non-hydrogen) atoms. The third-order valence-electron chi connectivity index (χ3n) is 7.84. The van der Waals surface area contributed by atoms with E-state index in [0.717, 1.165) is 16.8 Å². The number of aliphatic hydroxyl groups excluding tert-OH is 1. The molecule has 258 valence electrons. The average molecular weight is 710 g/mol. The predicted octanol–water partition coefficient (Wildman–Crippen LogP) is 4.88. The maximum Gasteiger partial charge on any atom is 0.407 e. The van der Waals surface area contributed by atoms with E-state index in [0.29, 0.717) is 26.6 Å². The fraction of sp³-hybridized carbons (Fsp3) is 0.471. The summed E-state index contributed by atoms with van der Waals surface area (Å²) in [6.07, 6.45) is -5.95. The Morgan fingerprint density at radius 2 is 2.08 bits per heavy atom. The lowest BCUT2D eigenvalue weighted by atomic mass is 10.0. The van der Waals surface area contributed by atoms with Gasteiger partial charge >= 0.3 is 6.09 Å². The molecule has 2 aromatic heterocycles. The zero-order valence-electron chi connectivity index (χ0n) is 35.7. The van der Waals surface area contributed by atoms with Crippen molar-refractivity contribution >= 4 is 38.4 Å². The van der Waals surface area contributed by atoms with Crippen molar-refractivity contribution < 1.29 is 55.4 Å². The zero-order chi connectivity index (χ0) is 42.5. The number of hydrogen-bond donors (Lipinski definition) is 2. The van der Waals surface area contributed by atoms with Crippen LogP contribution >= 0.6 is 11.3 Å². The van der Waals surface area contributed by atoms with E-state index in [4.69, 9.17) is 37.1 Å². The van der Waals surface area contributed by atoms with Gasteiger partial charge in [-0.05, 0) is 67.6 Å². The Balaban J connectivity index is 1.32. The quantitative estimate of drug-likeness (QED) is 0.186. The largest absolute Gasteiger partial charge is 0.487 e.